The van der Waals surface area contributed by atoms with Gasteiger partial charge < -0.3 is 5.11 Å². The first-order valence-electron chi connectivity index (χ1n) is 9.34. The molecule has 0 aliphatic heterocycles. The molecule has 23 heavy (non-hydrogen) atoms. The first-order chi connectivity index (χ1) is 11.0. The molecule has 0 aromatic heterocycles. The second kappa shape index (κ2) is 5.45. The van der Waals surface area contributed by atoms with Crippen LogP contribution in [0, 0.1) is 46.3 Å². The van der Waals surface area contributed by atoms with Crippen molar-refractivity contribution < 1.29 is 9.90 Å². The first kappa shape index (κ1) is 15.4. The molecular weight excluding hydrogens is 286 g/mol. The van der Waals surface area contributed by atoms with E-state index in [1.165, 1.54) is 24.8 Å². The van der Waals surface area contributed by atoms with Crippen molar-refractivity contribution in [1.29, 1.82) is 5.26 Å². The van der Waals surface area contributed by atoms with Crippen LogP contribution in [0.5, 0.6) is 0 Å². The largest absolute Gasteiger partial charge is 0.393 e. The summed E-state index contributed by atoms with van der Waals surface area (Å²) in [5, 5.41) is 19.5. The first-order valence-corrected chi connectivity index (χ1v) is 9.34. The second-order valence-electron chi connectivity index (χ2n) is 8.63. The number of carbonyl (C=O) groups is 1. The third-order valence-corrected chi connectivity index (χ3v) is 7.81. The maximum Gasteiger partial charge on any atom is 0.159 e. The Labute approximate surface area is 138 Å². The smallest absolute Gasteiger partial charge is 0.159 e. The van der Waals surface area contributed by atoms with Crippen LogP contribution in [0.1, 0.15) is 58.3 Å². The van der Waals surface area contributed by atoms with E-state index in [1.807, 2.05) is 6.08 Å². The van der Waals surface area contributed by atoms with E-state index in [4.69, 9.17) is 5.26 Å². The number of nitriles is 1. The average Bonchev–Trinajstić information content (AvgIpc) is 2.84. The maximum absolute atomic E-state index is 12.2. The van der Waals surface area contributed by atoms with E-state index < -0.39 is 0 Å². The molecule has 0 radical (unpaired) electrons. The fourth-order valence-corrected chi connectivity index (χ4v) is 6.52. The standard InChI is InChI=1S/C20H27NO2/c1-20-8-6-14-15(17(20)4-5-19(20)23)3-2-12-11-18(22)13(7-9-21)10-16(12)14/h11,13-17,19,23H,2-8,10H2,1H3/t13?,14-,15+,16-,17-,19-,20-/m0/s1. The molecule has 1 unspecified atom stereocenters. The van der Waals surface area contributed by atoms with E-state index in [2.05, 4.69) is 13.0 Å². The third-order valence-electron chi connectivity index (χ3n) is 7.81. The van der Waals surface area contributed by atoms with Crippen LogP contribution in [0.15, 0.2) is 11.6 Å². The van der Waals surface area contributed by atoms with Crippen LogP contribution in [0.2, 0.25) is 0 Å². The van der Waals surface area contributed by atoms with Crippen molar-refractivity contribution in [3.05, 3.63) is 11.6 Å². The molecule has 4 aliphatic carbocycles. The molecule has 0 aromatic carbocycles. The summed E-state index contributed by atoms with van der Waals surface area (Å²) in [6.45, 7) is 2.31. The molecule has 0 saturated heterocycles. The Bertz CT molecular complexity index is 589. The van der Waals surface area contributed by atoms with Gasteiger partial charge in [0.15, 0.2) is 5.78 Å². The number of ketones is 1. The highest BCUT2D eigenvalue weighted by Gasteiger charge is 2.56. The van der Waals surface area contributed by atoms with Crippen molar-refractivity contribution >= 4 is 5.78 Å². The fourth-order valence-electron chi connectivity index (χ4n) is 6.52. The lowest BCUT2D eigenvalue weighted by Gasteiger charge is -2.53. The molecule has 0 aromatic rings. The minimum Gasteiger partial charge on any atom is -0.393 e. The maximum atomic E-state index is 12.2. The predicted octanol–water partition coefficient (Wildman–Crippen LogP) is 3.63. The lowest BCUT2D eigenvalue weighted by atomic mass is 9.51. The van der Waals surface area contributed by atoms with Gasteiger partial charge in [0, 0.05) is 12.3 Å². The van der Waals surface area contributed by atoms with Gasteiger partial charge in [-0.3, -0.25) is 4.79 Å². The number of hydrogen-bond donors (Lipinski definition) is 1. The Hall–Kier alpha value is -1.14. The Balaban J connectivity index is 1.61. The molecule has 4 aliphatic rings. The normalized spacial score (nSPS) is 48.7. The van der Waals surface area contributed by atoms with Crippen molar-refractivity contribution in [1.82, 2.24) is 0 Å². The molecular formula is C20H27NO2. The molecule has 3 saturated carbocycles. The van der Waals surface area contributed by atoms with Crippen molar-refractivity contribution in [2.75, 3.05) is 0 Å². The average molecular weight is 313 g/mol. The van der Waals surface area contributed by atoms with Crippen molar-refractivity contribution in [2.24, 2.45) is 35.0 Å². The Morgan fingerprint density at radius 2 is 2.13 bits per heavy atom. The third kappa shape index (κ3) is 2.22. The summed E-state index contributed by atoms with van der Waals surface area (Å²) in [5.41, 5.74) is 1.49. The van der Waals surface area contributed by atoms with Crippen LogP contribution in [0.3, 0.4) is 0 Å². The molecule has 124 valence electrons. The van der Waals surface area contributed by atoms with Crippen LogP contribution in [0.25, 0.3) is 0 Å². The highest BCUT2D eigenvalue weighted by atomic mass is 16.3. The zero-order valence-corrected chi connectivity index (χ0v) is 14.0. The van der Waals surface area contributed by atoms with Gasteiger partial charge in [0.2, 0.25) is 0 Å². The molecule has 4 rings (SSSR count). The van der Waals surface area contributed by atoms with Gasteiger partial charge in [0.1, 0.15) is 0 Å². The number of fused-ring (bicyclic) bond motifs is 5. The van der Waals surface area contributed by atoms with E-state index in [0.29, 0.717) is 30.1 Å². The number of aliphatic hydroxyl groups is 1. The minimum atomic E-state index is -0.121. The Morgan fingerprint density at radius 3 is 2.91 bits per heavy atom. The van der Waals surface area contributed by atoms with E-state index in [1.54, 1.807) is 0 Å². The number of rotatable bonds is 1. The van der Waals surface area contributed by atoms with Gasteiger partial charge in [-0.15, -0.1) is 0 Å². The SMILES string of the molecule is C[C@]12CC[C@H]3[C@@H](CCC4=CC(=O)C(CC#N)C[C@@H]43)[C@@H]1CC[C@@H]2O. The van der Waals surface area contributed by atoms with Crippen LogP contribution < -0.4 is 0 Å². The number of aliphatic hydroxyl groups excluding tert-OH is 1. The summed E-state index contributed by atoms with van der Waals surface area (Å²) >= 11 is 0. The highest BCUT2D eigenvalue weighted by Crippen LogP contribution is 2.61. The lowest BCUT2D eigenvalue weighted by Crippen LogP contribution is -2.48. The van der Waals surface area contributed by atoms with Crippen molar-refractivity contribution in [3.8, 4) is 6.07 Å². The molecule has 0 bridgehead atoms. The molecule has 0 spiro atoms. The number of carbonyl (C=O) groups excluding carboxylic acids is 1. The van der Waals surface area contributed by atoms with E-state index >= 15 is 0 Å². The monoisotopic (exact) mass is 313 g/mol. The molecule has 0 amide bonds. The van der Waals surface area contributed by atoms with Crippen molar-refractivity contribution in [3.63, 3.8) is 0 Å². The van der Waals surface area contributed by atoms with Gasteiger partial charge in [-0.05, 0) is 80.1 Å². The number of nitrogens with zero attached hydrogens (tertiary/aromatic N) is 1. The molecule has 0 heterocycles. The number of hydrogen-bond acceptors (Lipinski definition) is 3. The lowest BCUT2D eigenvalue weighted by molar-refractivity contribution is -0.120. The molecule has 3 fully saturated rings. The summed E-state index contributed by atoms with van der Waals surface area (Å²) < 4.78 is 0. The van der Waals surface area contributed by atoms with E-state index in [0.717, 1.165) is 25.7 Å². The van der Waals surface area contributed by atoms with Crippen LogP contribution in [0.4, 0.5) is 0 Å². The van der Waals surface area contributed by atoms with E-state index in [-0.39, 0.29) is 23.2 Å². The van der Waals surface area contributed by atoms with Crippen molar-refractivity contribution in [2.45, 2.75) is 64.4 Å². The van der Waals surface area contributed by atoms with Crippen LogP contribution >= 0.6 is 0 Å². The summed E-state index contributed by atoms with van der Waals surface area (Å²) in [6, 6.07) is 2.20. The minimum absolute atomic E-state index is 0.0741. The molecule has 1 N–H and O–H groups in total. The topological polar surface area (TPSA) is 61.1 Å². The fraction of sp³-hybridized carbons (Fsp3) is 0.800. The summed E-state index contributed by atoms with van der Waals surface area (Å²) in [6.07, 6.45) is 9.73. The van der Waals surface area contributed by atoms with Gasteiger partial charge in [-0.25, -0.2) is 0 Å². The quantitative estimate of drug-likeness (QED) is 0.804. The Morgan fingerprint density at radius 1 is 1.30 bits per heavy atom. The Kier molecular flexibility index (Phi) is 3.65. The molecule has 3 heteroatoms. The van der Waals surface area contributed by atoms with Gasteiger partial charge >= 0.3 is 0 Å². The highest BCUT2D eigenvalue weighted by molar-refractivity contribution is 5.93. The van der Waals surface area contributed by atoms with Gasteiger partial charge in [0.25, 0.3) is 0 Å². The summed E-state index contributed by atoms with van der Waals surface area (Å²) in [5.74, 6) is 2.68. The molecule has 3 nitrogen and oxygen atoms in total. The van der Waals surface area contributed by atoms with E-state index in [9.17, 15) is 9.90 Å². The van der Waals surface area contributed by atoms with Crippen LogP contribution in [-0.2, 0) is 4.79 Å². The van der Waals surface area contributed by atoms with Gasteiger partial charge in [0.05, 0.1) is 12.2 Å². The number of allylic oxidation sites excluding steroid dienone is 1. The second-order valence-corrected chi connectivity index (χ2v) is 8.63. The molecule has 7 atom stereocenters. The summed E-state index contributed by atoms with van der Waals surface area (Å²) in [4.78, 5) is 12.2. The zero-order valence-electron chi connectivity index (χ0n) is 14.0. The predicted molar refractivity (Wildman–Crippen MR) is 87.2 cm³/mol. The van der Waals surface area contributed by atoms with Gasteiger partial charge in [-0.2, -0.15) is 5.26 Å². The van der Waals surface area contributed by atoms with Crippen LogP contribution in [-0.4, -0.2) is 17.0 Å². The zero-order chi connectivity index (χ0) is 16.2. The van der Waals surface area contributed by atoms with Gasteiger partial charge in [-0.1, -0.05) is 12.5 Å². The summed E-state index contributed by atoms with van der Waals surface area (Å²) in [7, 11) is 0.